The van der Waals surface area contributed by atoms with Gasteiger partial charge in [-0.25, -0.2) is 8.42 Å². The highest BCUT2D eigenvalue weighted by Gasteiger charge is 2.19. The van der Waals surface area contributed by atoms with Crippen LogP contribution in [0.4, 0.5) is 5.13 Å². The van der Waals surface area contributed by atoms with E-state index in [-0.39, 0.29) is 20.0 Å². The normalized spacial score (nSPS) is 11.0. The largest absolute Gasteiger partial charge is 0.481 e. The Labute approximate surface area is 131 Å². The van der Waals surface area contributed by atoms with Crippen LogP contribution in [0.2, 0.25) is 0 Å². The summed E-state index contributed by atoms with van der Waals surface area (Å²) in [6.45, 7) is 0. The molecule has 2 aromatic rings. The van der Waals surface area contributed by atoms with E-state index in [9.17, 15) is 13.2 Å². The van der Waals surface area contributed by atoms with Crippen molar-refractivity contribution in [2.24, 2.45) is 0 Å². The molecule has 0 atom stereocenters. The van der Waals surface area contributed by atoms with E-state index in [0.29, 0.717) is 4.34 Å². The standard InChI is InChI=1S/C9H6N4O4S4/c10-3-5-1-2-7(19-5)21(16,17)13-8-11-12-9(20-8)18-4-6(14)15/h1-2H,4H2,(H,11,13)(H,14,15). The number of sulfonamides is 1. The number of hydrogen-bond donors (Lipinski definition) is 2. The molecule has 2 rings (SSSR count). The molecule has 0 aromatic carbocycles. The molecule has 0 aliphatic rings. The first kappa shape index (κ1) is 15.7. The third-order valence-electron chi connectivity index (χ3n) is 1.90. The molecule has 8 nitrogen and oxygen atoms in total. The number of hydrogen-bond acceptors (Lipinski definition) is 9. The topological polar surface area (TPSA) is 133 Å². The number of rotatable bonds is 6. The van der Waals surface area contributed by atoms with E-state index in [1.807, 2.05) is 6.07 Å². The third kappa shape index (κ3) is 4.14. The molecule has 0 saturated carbocycles. The van der Waals surface area contributed by atoms with Crippen molar-refractivity contribution in [2.75, 3.05) is 10.5 Å². The van der Waals surface area contributed by atoms with Gasteiger partial charge in [-0.15, -0.1) is 21.5 Å². The van der Waals surface area contributed by atoms with E-state index < -0.39 is 16.0 Å². The summed E-state index contributed by atoms with van der Waals surface area (Å²) in [5.41, 5.74) is 0. The Balaban J connectivity index is 2.10. The van der Waals surface area contributed by atoms with Gasteiger partial charge in [0.1, 0.15) is 15.2 Å². The third-order valence-corrected chi connectivity index (χ3v) is 6.81. The molecule has 2 heterocycles. The van der Waals surface area contributed by atoms with Crippen LogP contribution < -0.4 is 4.72 Å². The van der Waals surface area contributed by atoms with E-state index in [2.05, 4.69) is 14.9 Å². The van der Waals surface area contributed by atoms with Crippen LogP contribution in [0.3, 0.4) is 0 Å². The number of aromatic nitrogens is 2. The predicted octanol–water partition coefficient (Wildman–Crippen LogP) is 1.45. The molecule has 0 spiro atoms. The van der Waals surface area contributed by atoms with Crippen molar-refractivity contribution < 1.29 is 18.3 Å². The lowest BCUT2D eigenvalue weighted by atomic mass is 10.5. The van der Waals surface area contributed by atoms with Crippen LogP contribution in [-0.2, 0) is 14.8 Å². The SMILES string of the molecule is N#Cc1ccc(S(=O)(=O)Nc2nnc(SCC(=O)O)s2)s1. The summed E-state index contributed by atoms with van der Waals surface area (Å²) in [5.74, 6) is -1.18. The second-order valence-electron chi connectivity index (χ2n) is 3.39. The van der Waals surface area contributed by atoms with Gasteiger partial charge in [0.2, 0.25) is 5.13 Å². The van der Waals surface area contributed by atoms with Gasteiger partial charge >= 0.3 is 5.97 Å². The average Bonchev–Trinajstić information content (AvgIpc) is 3.04. The van der Waals surface area contributed by atoms with Crippen LogP contribution >= 0.6 is 34.4 Å². The molecule has 21 heavy (non-hydrogen) atoms. The number of carbonyl (C=O) groups is 1. The summed E-state index contributed by atoms with van der Waals surface area (Å²) in [5, 5.41) is 24.6. The summed E-state index contributed by atoms with van der Waals surface area (Å²) >= 11 is 2.73. The zero-order valence-electron chi connectivity index (χ0n) is 10.0. The molecule has 2 N–H and O–H groups in total. The fourth-order valence-electron chi connectivity index (χ4n) is 1.12. The minimum Gasteiger partial charge on any atom is -0.481 e. The van der Waals surface area contributed by atoms with Crippen molar-refractivity contribution in [2.45, 2.75) is 8.55 Å². The Bertz CT molecular complexity index is 804. The van der Waals surface area contributed by atoms with Crippen molar-refractivity contribution in [3.05, 3.63) is 17.0 Å². The molecular formula is C9H6N4O4S4. The molecule has 0 radical (unpaired) electrons. The first-order valence-corrected chi connectivity index (χ1v) is 9.22. The molecule has 110 valence electrons. The lowest BCUT2D eigenvalue weighted by molar-refractivity contribution is -0.133. The van der Waals surface area contributed by atoms with E-state index >= 15 is 0 Å². The maximum Gasteiger partial charge on any atom is 0.313 e. The first-order valence-electron chi connectivity index (χ1n) is 5.11. The van der Waals surface area contributed by atoms with Crippen molar-refractivity contribution >= 4 is 55.6 Å². The van der Waals surface area contributed by atoms with Gasteiger partial charge < -0.3 is 5.11 Å². The summed E-state index contributed by atoms with van der Waals surface area (Å²) in [4.78, 5) is 10.7. The average molecular weight is 362 g/mol. The monoisotopic (exact) mass is 362 g/mol. The lowest BCUT2D eigenvalue weighted by Gasteiger charge is -2.00. The second kappa shape index (κ2) is 6.39. The van der Waals surface area contributed by atoms with Crippen LogP contribution in [0.5, 0.6) is 0 Å². The number of nitrogens with one attached hydrogen (secondary N) is 1. The lowest BCUT2D eigenvalue weighted by Crippen LogP contribution is -2.11. The number of carboxylic acids is 1. The van der Waals surface area contributed by atoms with Gasteiger partial charge in [0.15, 0.2) is 4.34 Å². The number of aliphatic carboxylic acids is 1. The Morgan fingerprint density at radius 3 is 2.81 bits per heavy atom. The highest BCUT2D eigenvalue weighted by atomic mass is 32.2. The quantitative estimate of drug-likeness (QED) is 0.738. The molecule has 2 aromatic heterocycles. The number of nitrogens with zero attached hydrogens (tertiary/aromatic N) is 3. The predicted molar refractivity (Wildman–Crippen MR) is 78.1 cm³/mol. The fourth-order valence-corrected chi connectivity index (χ4v) is 4.93. The molecule has 0 aliphatic carbocycles. The van der Waals surface area contributed by atoms with E-state index in [1.54, 1.807) is 0 Å². The molecule has 0 amide bonds. The Morgan fingerprint density at radius 1 is 1.43 bits per heavy atom. The zero-order chi connectivity index (χ0) is 15.5. The highest BCUT2D eigenvalue weighted by Crippen LogP contribution is 2.28. The maximum atomic E-state index is 12.0. The summed E-state index contributed by atoms with van der Waals surface area (Å²) in [7, 11) is -3.82. The van der Waals surface area contributed by atoms with Gasteiger partial charge in [0.25, 0.3) is 10.0 Å². The molecular weight excluding hydrogens is 356 g/mol. The van der Waals surface area contributed by atoms with Gasteiger partial charge in [-0.1, -0.05) is 23.1 Å². The van der Waals surface area contributed by atoms with E-state index in [4.69, 9.17) is 10.4 Å². The molecule has 0 unspecified atom stereocenters. The molecule has 0 saturated heterocycles. The maximum absolute atomic E-state index is 12.0. The van der Waals surface area contributed by atoms with E-state index in [0.717, 1.165) is 34.4 Å². The number of thioether (sulfide) groups is 1. The van der Waals surface area contributed by atoms with Gasteiger partial charge in [0, 0.05) is 0 Å². The van der Waals surface area contributed by atoms with Crippen molar-refractivity contribution in [1.29, 1.82) is 5.26 Å². The van der Waals surface area contributed by atoms with Gasteiger partial charge in [-0.2, -0.15) is 5.26 Å². The van der Waals surface area contributed by atoms with E-state index in [1.165, 1.54) is 12.1 Å². The minimum atomic E-state index is -3.82. The minimum absolute atomic E-state index is 0.00557. The Kier molecular flexibility index (Phi) is 4.78. The number of anilines is 1. The Hall–Kier alpha value is -1.68. The second-order valence-corrected chi connectivity index (χ2v) is 8.58. The highest BCUT2D eigenvalue weighted by molar-refractivity contribution is 8.01. The van der Waals surface area contributed by atoms with Gasteiger partial charge in [0.05, 0.1) is 5.75 Å². The zero-order valence-corrected chi connectivity index (χ0v) is 13.3. The molecule has 12 heteroatoms. The Morgan fingerprint density at radius 2 is 2.19 bits per heavy atom. The molecule has 0 fully saturated rings. The van der Waals surface area contributed by atoms with Crippen LogP contribution in [0.1, 0.15) is 4.88 Å². The smallest absolute Gasteiger partial charge is 0.313 e. The van der Waals surface area contributed by atoms with Crippen LogP contribution in [0.15, 0.2) is 20.7 Å². The molecule has 0 bridgehead atoms. The summed E-state index contributed by atoms with van der Waals surface area (Å²) < 4.78 is 26.6. The summed E-state index contributed by atoms with van der Waals surface area (Å²) in [6, 6.07) is 4.59. The van der Waals surface area contributed by atoms with Crippen LogP contribution in [0, 0.1) is 11.3 Å². The number of nitriles is 1. The van der Waals surface area contributed by atoms with Crippen LogP contribution in [-0.4, -0.2) is 35.4 Å². The number of thiophene rings is 1. The van der Waals surface area contributed by atoms with Crippen molar-refractivity contribution in [3.8, 4) is 6.07 Å². The van der Waals surface area contributed by atoms with Crippen molar-refractivity contribution in [3.63, 3.8) is 0 Å². The van der Waals surface area contributed by atoms with Crippen molar-refractivity contribution in [1.82, 2.24) is 10.2 Å². The fraction of sp³-hybridized carbons (Fsp3) is 0.111. The number of carboxylic acid groups (broad SMARTS) is 1. The van der Waals surface area contributed by atoms with Gasteiger partial charge in [-0.3, -0.25) is 9.52 Å². The molecule has 0 aliphatic heterocycles. The van der Waals surface area contributed by atoms with Crippen LogP contribution in [0.25, 0.3) is 0 Å². The first-order chi connectivity index (χ1) is 9.90. The summed E-state index contributed by atoms with van der Waals surface area (Å²) in [6.07, 6.45) is 0. The van der Waals surface area contributed by atoms with Gasteiger partial charge in [-0.05, 0) is 12.1 Å².